The van der Waals surface area contributed by atoms with E-state index in [1.807, 2.05) is 82.3 Å². The molecule has 11 aromatic carbocycles. The van der Waals surface area contributed by atoms with Crippen LogP contribution in [0, 0.1) is 33.6 Å². The van der Waals surface area contributed by atoms with Crippen LogP contribution in [0.3, 0.4) is 0 Å². The molecule has 13 N–H and O–H groups in total. The second-order valence-corrected chi connectivity index (χ2v) is 30.2. The summed E-state index contributed by atoms with van der Waals surface area (Å²) in [5.74, 6) is 2.32. The molecule has 32 nitrogen and oxygen atoms in total. The molecule has 0 saturated heterocycles. The van der Waals surface area contributed by atoms with E-state index in [2.05, 4.69) is 85.0 Å². The Hall–Kier alpha value is -15.5. The number of ether oxygens (including phenoxy) is 1. The topological polar surface area (TPSA) is 521 Å². The van der Waals surface area contributed by atoms with Crippen LogP contribution in [-0.4, -0.2) is 153 Å². The van der Waals surface area contributed by atoms with Crippen molar-refractivity contribution in [3.05, 3.63) is 253 Å². The highest BCUT2D eigenvalue weighted by Crippen LogP contribution is 2.41. The number of phenols is 12. The predicted octanol–water partition coefficient (Wildman–Crippen LogP) is 16.8. The van der Waals surface area contributed by atoms with E-state index in [0.29, 0.717) is 86.0 Å². The van der Waals surface area contributed by atoms with E-state index in [9.17, 15) is 69.7 Å². The molecule has 0 aliphatic carbocycles. The van der Waals surface area contributed by atoms with Gasteiger partial charge in [0.2, 0.25) is 0 Å². The van der Waals surface area contributed by atoms with Crippen LogP contribution in [0.4, 0.5) is 0 Å². The number of hydrogen-bond acceptors (Lipinski definition) is 32. The first-order valence-corrected chi connectivity index (χ1v) is 41.2. The number of aromatic hydroxyl groups is 12. The molecule has 4 heterocycles. The van der Waals surface area contributed by atoms with Gasteiger partial charge in [0.25, 0.3) is 0 Å². The summed E-state index contributed by atoms with van der Waals surface area (Å²) in [5, 5.41) is 119. The Kier molecular flexibility index (Phi) is 29.8. The van der Waals surface area contributed by atoms with Crippen LogP contribution >= 0.6 is 11.8 Å². The maximum absolute atomic E-state index is 10.9. The minimum Gasteiger partial charge on any atom is -0.508 e. The van der Waals surface area contributed by atoms with Crippen molar-refractivity contribution in [2.75, 3.05) is 6.61 Å². The van der Waals surface area contributed by atoms with E-state index in [0.717, 1.165) is 64.0 Å². The Morgan fingerprint density at radius 3 is 0.960 bits per heavy atom. The van der Waals surface area contributed by atoms with Gasteiger partial charge in [-0.1, -0.05) is 98.8 Å². The molecule has 0 radical (unpaired) electrons. The zero-order valence-corrected chi connectivity index (χ0v) is 69.8. The molecule has 0 fully saturated rings. The van der Waals surface area contributed by atoms with Crippen LogP contribution in [0.1, 0.15) is 61.8 Å². The summed E-state index contributed by atoms with van der Waals surface area (Å²) < 4.78 is 66.2. The molecule has 0 aliphatic rings. The zero-order valence-electron chi connectivity index (χ0n) is 67.3. The molecule has 125 heavy (non-hydrogen) atoms. The maximum atomic E-state index is 10.9. The Balaban J connectivity index is 0.000000160. The molecule has 0 spiro atoms. The van der Waals surface area contributed by atoms with Crippen LogP contribution in [0.25, 0.3) is 114 Å². The number of aromatic nitrogens is 12. The molecular formula is C90H80N12O20S3. The second-order valence-electron chi connectivity index (χ2n) is 27.8. The van der Waals surface area contributed by atoms with E-state index in [-0.39, 0.29) is 115 Å². The van der Waals surface area contributed by atoms with E-state index in [4.69, 9.17) is 26.9 Å². The molecule has 15 aromatic rings. The fraction of sp³-hybridized carbons (Fsp3) is 0.133. The summed E-state index contributed by atoms with van der Waals surface area (Å²) in [6, 6.07) is 61.1. The standard InChI is InChI=1S/C25H23N3O2.C23H27N3O5.C21H15N3O6S.C21H15N3O4S.O3S/c1-14-5-8-19(16(3)11-14)23-26-24(20-9-6-15(2)12-17(20)4)28-25(27-23)21-10-7-18(29)13-22(21)30;1-3-5-6-14(4-2)13-31-23-25-21(17-9-7-15(27)11-19(17)29)24-22(26-23)18-10-8-16(28)12-20(18)30;25-16-7-1-13(2-8-16)19-22-20(14-3-9-17(26)10-4-14)24-21(23-19)15-5-11-18(12-6-15)30-31(27,28)29;25-12-6-8-15(17(27)10-12)19-22-20(16-9-7-13(26)11-18(16)28)24-21(23-19)29-14-4-2-1-3-5-14;1-4(2)3/h5-13,29-30H,1-4H3;7-12,14,27-30H,3-6,13H2,1-2H3;1-12,25-26H,(H,27,28,29);1-11,25-28H;. The van der Waals surface area contributed by atoms with Crippen LogP contribution < -0.4 is 8.92 Å². The minimum atomic E-state index is -4.63. The van der Waals surface area contributed by atoms with Gasteiger partial charge in [0.1, 0.15) is 74.7 Å². The molecule has 4 aromatic heterocycles. The summed E-state index contributed by atoms with van der Waals surface area (Å²) in [6.45, 7) is 12.8. The van der Waals surface area contributed by atoms with Gasteiger partial charge in [0.15, 0.2) is 63.4 Å². The second kappa shape index (κ2) is 41.2. The lowest BCUT2D eigenvalue weighted by atomic mass is 10.0. The highest BCUT2D eigenvalue weighted by molar-refractivity contribution is 7.99. The largest absolute Gasteiger partial charge is 0.508 e. The maximum Gasteiger partial charge on any atom is 0.446 e. The first-order chi connectivity index (χ1) is 59.7. The molecule has 0 aliphatic heterocycles. The summed E-state index contributed by atoms with van der Waals surface area (Å²) in [5.41, 5.74) is 9.72. The van der Waals surface area contributed by atoms with Gasteiger partial charge in [0.05, 0.1) is 34.4 Å². The average molecular weight is 1750 g/mol. The third-order valence-corrected chi connectivity index (χ3v) is 19.6. The van der Waals surface area contributed by atoms with E-state index < -0.39 is 21.0 Å². The van der Waals surface area contributed by atoms with Crippen molar-refractivity contribution in [2.24, 2.45) is 5.92 Å². The van der Waals surface area contributed by atoms with Crippen molar-refractivity contribution < 1.29 is 95.8 Å². The van der Waals surface area contributed by atoms with Gasteiger partial charge in [-0.05, 0) is 209 Å². The van der Waals surface area contributed by atoms with Crippen LogP contribution in [0.2, 0.25) is 0 Å². The lowest BCUT2D eigenvalue weighted by Gasteiger charge is -2.15. The van der Waals surface area contributed by atoms with Crippen molar-refractivity contribution >= 4 is 32.8 Å². The number of phenolic OH excluding ortho intramolecular Hbond substituents is 12. The lowest BCUT2D eigenvalue weighted by Crippen LogP contribution is -2.13. The Morgan fingerprint density at radius 2 is 0.648 bits per heavy atom. The smallest absolute Gasteiger partial charge is 0.446 e. The highest BCUT2D eigenvalue weighted by atomic mass is 32.3. The quantitative estimate of drug-likeness (QED) is 0.0297. The molecule has 0 bridgehead atoms. The molecule has 0 amide bonds. The SMILES string of the molecule is CCCCC(CC)COc1nc(-c2ccc(O)cc2O)nc(-c2ccc(O)cc2O)n1.Cc1ccc(-c2nc(-c3ccc(C)cc3C)nc(-c3ccc(O)cc3O)n2)c(C)c1.O=S(=O)(O)Oc1ccc(-c2nc(-c3ccc(O)cc3)nc(-c3ccc(O)cc3)n2)cc1.O=S(=O)=O.Oc1ccc(-c2nc(Sc3ccccc3)nc(-c3ccc(O)cc3O)n2)c(O)c1. The predicted molar refractivity (Wildman–Crippen MR) is 464 cm³/mol. The number of rotatable bonds is 21. The van der Waals surface area contributed by atoms with Gasteiger partial charge in [0, 0.05) is 63.0 Å². The van der Waals surface area contributed by atoms with Crippen LogP contribution in [0.15, 0.2) is 241 Å². The minimum absolute atomic E-state index is 0.0190. The third-order valence-electron chi connectivity index (χ3n) is 18.4. The van der Waals surface area contributed by atoms with Crippen molar-refractivity contribution in [2.45, 2.75) is 77.3 Å². The van der Waals surface area contributed by atoms with Gasteiger partial charge in [-0.25, -0.2) is 49.8 Å². The number of unbranched alkanes of at least 4 members (excludes halogenated alkanes) is 1. The van der Waals surface area contributed by atoms with Gasteiger partial charge in [-0.3, -0.25) is 4.55 Å². The van der Waals surface area contributed by atoms with Crippen molar-refractivity contribution in [1.82, 2.24) is 59.8 Å². The average Bonchev–Trinajstić information content (AvgIpc) is 0.787. The highest BCUT2D eigenvalue weighted by Gasteiger charge is 2.23. The summed E-state index contributed by atoms with van der Waals surface area (Å²) in [4.78, 5) is 54.8. The molecule has 638 valence electrons. The monoisotopic (exact) mass is 1740 g/mol. The van der Waals surface area contributed by atoms with Gasteiger partial charge < -0.3 is 70.2 Å². The Labute approximate surface area is 721 Å². The fourth-order valence-corrected chi connectivity index (χ4v) is 13.3. The normalized spacial score (nSPS) is 11.1. The van der Waals surface area contributed by atoms with E-state index >= 15 is 0 Å². The van der Waals surface area contributed by atoms with Crippen LogP contribution in [0.5, 0.6) is 80.8 Å². The summed E-state index contributed by atoms with van der Waals surface area (Å²) >= 11 is 1.30. The number of benzene rings is 11. The Bertz CT molecular complexity index is 6240. The molecule has 15 rings (SSSR count). The fourth-order valence-electron chi connectivity index (χ4n) is 12.2. The Morgan fingerprint density at radius 1 is 0.352 bits per heavy atom. The van der Waals surface area contributed by atoms with Gasteiger partial charge >= 0.3 is 27.0 Å². The zero-order chi connectivity index (χ0) is 89.8. The van der Waals surface area contributed by atoms with Crippen LogP contribution in [-0.2, 0) is 21.0 Å². The molecular weight excluding hydrogens is 1670 g/mol. The number of nitrogens with zero attached hydrogens (tertiary/aromatic N) is 12. The summed E-state index contributed by atoms with van der Waals surface area (Å²) in [6.07, 6.45) is 4.22. The summed E-state index contributed by atoms with van der Waals surface area (Å²) in [7, 11) is -7.74. The van der Waals surface area contributed by atoms with Crippen molar-refractivity contribution in [1.29, 1.82) is 0 Å². The van der Waals surface area contributed by atoms with Crippen molar-refractivity contribution in [3.63, 3.8) is 0 Å². The third kappa shape index (κ3) is 25.1. The number of hydrogen-bond donors (Lipinski definition) is 13. The van der Waals surface area contributed by atoms with Gasteiger partial charge in [-0.2, -0.15) is 18.4 Å². The molecule has 1 atom stereocenters. The molecule has 35 heteroatoms. The molecule has 1 unspecified atom stereocenters. The van der Waals surface area contributed by atoms with Gasteiger partial charge in [-0.15, -0.1) is 12.6 Å². The van der Waals surface area contributed by atoms with E-state index in [1.54, 1.807) is 30.3 Å². The first-order valence-electron chi connectivity index (χ1n) is 38.0. The lowest BCUT2D eigenvalue weighted by molar-refractivity contribution is 0.217. The van der Waals surface area contributed by atoms with E-state index in [1.165, 1.54) is 145 Å². The molecule has 0 saturated carbocycles. The number of aryl methyl sites for hydroxylation is 4. The first kappa shape index (κ1) is 90.3. The van der Waals surface area contributed by atoms with Crippen molar-refractivity contribution in [3.8, 4) is 195 Å².